The van der Waals surface area contributed by atoms with Crippen molar-refractivity contribution < 1.29 is 26.8 Å². The monoisotopic (exact) mass is 239 g/mol. The average molecular weight is 239 g/mol. The second-order valence-electron chi connectivity index (χ2n) is 2.52. The zero-order valence-corrected chi connectivity index (χ0v) is 8.51. The number of hydrogen-bond acceptors (Lipinski definition) is 3. The third kappa shape index (κ3) is 3.49. The van der Waals surface area contributed by atoms with Gasteiger partial charge < -0.3 is 0 Å². The van der Waals surface area contributed by atoms with Crippen molar-refractivity contribution in [1.29, 1.82) is 0 Å². The van der Waals surface area contributed by atoms with E-state index in [1.54, 1.807) is 0 Å². The van der Waals surface area contributed by atoms with Gasteiger partial charge in [0.1, 0.15) is 0 Å². The Hall–Kier alpha value is -1.13. The fourth-order valence-electron chi connectivity index (χ4n) is 0.828. The molecule has 1 aromatic carbocycles. The van der Waals surface area contributed by atoms with Crippen LogP contribution in [0, 0.1) is 0 Å². The molecule has 0 heterocycles. The minimum absolute atomic E-state index is 0.0611. The van der Waals surface area contributed by atoms with Crippen molar-refractivity contribution in [2.45, 2.75) is 6.18 Å². The summed E-state index contributed by atoms with van der Waals surface area (Å²) in [6.07, 6.45) is -4.39. The number of benzene rings is 1. The third-order valence-electron chi connectivity index (χ3n) is 1.51. The van der Waals surface area contributed by atoms with Gasteiger partial charge in [-0.05, 0) is 24.3 Å². The van der Waals surface area contributed by atoms with Crippen LogP contribution in [0.5, 0.6) is 5.75 Å². The smallest absolute Gasteiger partial charge is 0.229 e. The molecule has 0 radical (unpaired) electrons. The second kappa shape index (κ2) is 4.59. The van der Waals surface area contributed by atoms with Gasteiger partial charge in [-0.1, -0.05) is 0 Å². The van der Waals surface area contributed by atoms with Crippen molar-refractivity contribution in [1.82, 2.24) is 0 Å². The van der Waals surface area contributed by atoms with Crippen LogP contribution in [0.1, 0.15) is 5.56 Å². The van der Waals surface area contributed by atoms with Gasteiger partial charge in [0.2, 0.25) is 0 Å². The highest BCUT2D eigenvalue weighted by Gasteiger charge is 2.30. The fourth-order valence-corrected chi connectivity index (χ4v) is 1.20. The molecule has 1 aromatic rings. The molecule has 82 valence electrons. The Bertz CT molecular complexity index is 347. The summed E-state index contributed by atoms with van der Waals surface area (Å²) in [6, 6.07) is 3.84. The first-order valence-electron chi connectivity index (χ1n) is 3.80. The summed E-state index contributed by atoms with van der Waals surface area (Å²) < 4.78 is 56.1. The molecule has 0 aliphatic carbocycles. The first-order chi connectivity index (χ1) is 6.93. The first kappa shape index (κ1) is 11.9. The van der Waals surface area contributed by atoms with E-state index in [1.807, 2.05) is 0 Å². The van der Waals surface area contributed by atoms with E-state index < -0.39 is 20.0 Å². The molecule has 0 bridgehead atoms. The largest absolute Gasteiger partial charge is 0.749 e. The molecule has 0 aliphatic heterocycles. The summed E-state index contributed by atoms with van der Waals surface area (Å²) in [7, 11) is -1.15. The third-order valence-corrected chi connectivity index (χ3v) is 2.17. The van der Waals surface area contributed by atoms with Crippen molar-refractivity contribution >= 4 is 8.25 Å². The molecule has 0 fully saturated rings. The normalized spacial score (nSPS) is 12.4. The summed E-state index contributed by atoms with van der Waals surface area (Å²) in [5, 5.41) is 0. The quantitative estimate of drug-likeness (QED) is 0.758. The lowest BCUT2D eigenvalue weighted by Crippen LogP contribution is -2.03. The van der Waals surface area contributed by atoms with Gasteiger partial charge in [-0.3, -0.25) is 0 Å². The molecular formula is C8H7F3O3P+. The van der Waals surface area contributed by atoms with Crippen LogP contribution in [0.15, 0.2) is 24.3 Å². The van der Waals surface area contributed by atoms with Crippen molar-refractivity contribution in [3.63, 3.8) is 0 Å². The van der Waals surface area contributed by atoms with Crippen LogP contribution in [-0.4, -0.2) is 7.11 Å². The van der Waals surface area contributed by atoms with Crippen LogP contribution >= 0.6 is 8.25 Å². The van der Waals surface area contributed by atoms with Crippen LogP contribution in [-0.2, 0) is 15.3 Å². The summed E-state index contributed by atoms with van der Waals surface area (Å²) in [4.78, 5) is 0. The number of rotatable bonds is 3. The maximum Gasteiger partial charge on any atom is 0.749 e. The topological polar surface area (TPSA) is 35.5 Å². The molecule has 0 amide bonds. The van der Waals surface area contributed by atoms with Crippen molar-refractivity contribution in [2.75, 3.05) is 7.11 Å². The van der Waals surface area contributed by atoms with E-state index in [0.29, 0.717) is 0 Å². The highest BCUT2D eigenvalue weighted by Crippen LogP contribution is 2.32. The standard InChI is InChI=1S/C8H7F3O3P/c1-13-15(12)14-7-4-2-6(3-5-7)8(9,10)11/h2-5H,1H3/q+1. The summed E-state index contributed by atoms with van der Waals surface area (Å²) >= 11 is 0. The van der Waals surface area contributed by atoms with Gasteiger partial charge in [0, 0.05) is 4.57 Å². The van der Waals surface area contributed by atoms with E-state index in [4.69, 9.17) is 0 Å². The highest BCUT2D eigenvalue weighted by molar-refractivity contribution is 7.33. The van der Waals surface area contributed by atoms with E-state index in [9.17, 15) is 17.7 Å². The number of halogens is 3. The van der Waals surface area contributed by atoms with Crippen LogP contribution < -0.4 is 4.52 Å². The molecule has 3 nitrogen and oxygen atoms in total. The van der Waals surface area contributed by atoms with Crippen LogP contribution in [0.3, 0.4) is 0 Å². The second-order valence-corrected chi connectivity index (χ2v) is 3.51. The summed E-state index contributed by atoms with van der Waals surface area (Å²) in [5.74, 6) is 0.0611. The van der Waals surface area contributed by atoms with E-state index in [2.05, 4.69) is 9.05 Å². The van der Waals surface area contributed by atoms with Gasteiger partial charge in [0.15, 0.2) is 5.75 Å². The molecule has 1 rings (SSSR count). The van der Waals surface area contributed by atoms with Gasteiger partial charge >= 0.3 is 14.4 Å². The molecule has 0 saturated heterocycles. The number of hydrogen-bond donors (Lipinski definition) is 0. The predicted octanol–water partition coefficient (Wildman–Crippen LogP) is 3.39. The number of alkyl halides is 3. The zero-order valence-electron chi connectivity index (χ0n) is 7.62. The van der Waals surface area contributed by atoms with E-state index >= 15 is 0 Å². The zero-order chi connectivity index (χ0) is 11.5. The Labute approximate surface area is 84.8 Å². The SMILES string of the molecule is CO[P+](=O)Oc1ccc(C(F)(F)F)cc1. The van der Waals surface area contributed by atoms with E-state index in [1.165, 1.54) is 7.11 Å². The van der Waals surface area contributed by atoms with Gasteiger partial charge in [-0.2, -0.15) is 13.2 Å². The Balaban J connectivity index is 2.77. The molecule has 0 N–H and O–H groups in total. The molecular weight excluding hydrogens is 232 g/mol. The molecule has 0 spiro atoms. The first-order valence-corrected chi connectivity index (χ1v) is 4.89. The Morgan fingerprint density at radius 2 is 1.73 bits per heavy atom. The molecule has 0 aliphatic rings. The van der Waals surface area contributed by atoms with Crippen LogP contribution in [0.2, 0.25) is 0 Å². The lowest BCUT2D eigenvalue weighted by molar-refractivity contribution is -0.137. The van der Waals surface area contributed by atoms with Crippen LogP contribution in [0.25, 0.3) is 0 Å². The fraction of sp³-hybridized carbons (Fsp3) is 0.250. The molecule has 1 atom stereocenters. The Kier molecular flexibility index (Phi) is 3.66. The molecule has 0 saturated carbocycles. The van der Waals surface area contributed by atoms with Gasteiger partial charge in [0.05, 0.1) is 12.7 Å². The Morgan fingerprint density at radius 1 is 1.20 bits per heavy atom. The van der Waals surface area contributed by atoms with Crippen molar-refractivity contribution in [3.8, 4) is 5.75 Å². The lowest BCUT2D eigenvalue weighted by Gasteiger charge is -2.05. The van der Waals surface area contributed by atoms with Gasteiger partial charge in [-0.25, -0.2) is 4.52 Å². The van der Waals surface area contributed by atoms with Crippen molar-refractivity contribution in [2.24, 2.45) is 0 Å². The molecule has 1 unspecified atom stereocenters. The van der Waals surface area contributed by atoms with Gasteiger partial charge in [0.25, 0.3) is 0 Å². The molecule has 7 heteroatoms. The van der Waals surface area contributed by atoms with Crippen molar-refractivity contribution in [3.05, 3.63) is 29.8 Å². The molecule has 15 heavy (non-hydrogen) atoms. The van der Waals surface area contributed by atoms with E-state index in [0.717, 1.165) is 24.3 Å². The average Bonchev–Trinajstić information content (AvgIpc) is 2.17. The van der Waals surface area contributed by atoms with Gasteiger partial charge in [-0.15, -0.1) is 4.52 Å². The summed E-state index contributed by atoms with van der Waals surface area (Å²) in [5.41, 5.74) is -0.789. The highest BCUT2D eigenvalue weighted by atomic mass is 31.1. The maximum atomic E-state index is 12.1. The lowest BCUT2D eigenvalue weighted by atomic mass is 10.2. The Morgan fingerprint density at radius 3 is 2.13 bits per heavy atom. The van der Waals surface area contributed by atoms with Crippen LogP contribution in [0.4, 0.5) is 13.2 Å². The summed E-state index contributed by atoms with van der Waals surface area (Å²) in [6.45, 7) is 0. The minimum Gasteiger partial charge on any atom is -0.229 e. The predicted molar refractivity (Wildman–Crippen MR) is 46.7 cm³/mol. The maximum absolute atomic E-state index is 12.1. The molecule has 0 aromatic heterocycles. The minimum atomic E-state index is -4.39. The van der Waals surface area contributed by atoms with E-state index in [-0.39, 0.29) is 5.75 Å².